The molecule has 1 saturated heterocycles. The fourth-order valence-electron chi connectivity index (χ4n) is 3.91. The summed E-state index contributed by atoms with van der Waals surface area (Å²) in [7, 11) is -1.81. The molecule has 4 rings (SSSR count). The van der Waals surface area contributed by atoms with Crippen LogP contribution in [0.4, 0.5) is 5.69 Å². The molecule has 1 heterocycles. The maximum atomic E-state index is 13.6. The van der Waals surface area contributed by atoms with Crippen LogP contribution in [0.2, 0.25) is 5.02 Å². The van der Waals surface area contributed by atoms with Gasteiger partial charge in [0, 0.05) is 31.2 Å². The standard InChI is InChI=1S/C27H30ClN3O4S/c1-21-3-13-26(14-4-21)36(33,34)31(19-22-5-7-23(28)8-6-22)24-9-11-25(12-10-24)35-20-27(32)30-17-15-29(2)16-18-30/h3-14H,15-20H2,1-2H3. The quantitative estimate of drug-likeness (QED) is 0.439. The van der Waals surface area contributed by atoms with Crippen LogP contribution in [-0.4, -0.2) is 64.0 Å². The number of benzene rings is 3. The summed E-state index contributed by atoms with van der Waals surface area (Å²) in [5.74, 6) is 0.443. The lowest BCUT2D eigenvalue weighted by molar-refractivity contribution is -0.134. The van der Waals surface area contributed by atoms with Gasteiger partial charge in [0.05, 0.1) is 17.1 Å². The van der Waals surface area contributed by atoms with Gasteiger partial charge in [-0.15, -0.1) is 0 Å². The van der Waals surface area contributed by atoms with Crippen molar-refractivity contribution in [1.29, 1.82) is 0 Å². The molecule has 7 nitrogen and oxygen atoms in total. The predicted molar refractivity (Wildman–Crippen MR) is 142 cm³/mol. The number of hydrogen-bond donors (Lipinski definition) is 0. The van der Waals surface area contributed by atoms with Crippen LogP contribution in [0.25, 0.3) is 0 Å². The van der Waals surface area contributed by atoms with Crippen molar-refractivity contribution in [3.8, 4) is 5.75 Å². The Morgan fingerprint density at radius 2 is 1.53 bits per heavy atom. The molecule has 0 spiro atoms. The topological polar surface area (TPSA) is 70.2 Å². The second-order valence-electron chi connectivity index (χ2n) is 8.92. The van der Waals surface area contributed by atoms with Gasteiger partial charge in [-0.25, -0.2) is 8.42 Å². The molecule has 36 heavy (non-hydrogen) atoms. The number of aryl methyl sites for hydroxylation is 1. The zero-order chi connectivity index (χ0) is 25.7. The molecule has 9 heteroatoms. The average Bonchev–Trinajstić information content (AvgIpc) is 2.88. The average molecular weight is 528 g/mol. The number of carbonyl (C=O) groups excluding carboxylic acids is 1. The molecule has 1 aliphatic rings. The lowest BCUT2D eigenvalue weighted by atomic mass is 10.2. The van der Waals surface area contributed by atoms with E-state index in [1.165, 1.54) is 4.31 Å². The predicted octanol–water partition coefficient (Wildman–Crippen LogP) is 4.20. The highest BCUT2D eigenvalue weighted by Gasteiger charge is 2.25. The number of carbonyl (C=O) groups is 1. The number of amides is 1. The fraction of sp³-hybridized carbons (Fsp3) is 0.296. The number of ether oxygens (including phenoxy) is 1. The Balaban J connectivity index is 1.52. The van der Waals surface area contributed by atoms with E-state index in [0.29, 0.717) is 29.5 Å². The molecule has 0 aliphatic carbocycles. The SMILES string of the molecule is Cc1ccc(S(=O)(=O)N(Cc2ccc(Cl)cc2)c2ccc(OCC(=O)N3CCN(C)CC3)cc2)cc1. The fourth-order valence-corrected chi connectivity index (χ4v) is 5.49. The Labute approximate surface area is 217 Å². The smallest absolute Gasteiger partial charge is 0.264 e. The zero-order valence-corrected chi connectivity index (χ0v) is 22.0. The molecular formula is C27H30ClN3O4S. The first kappa shape index (κ1) is 26.0. The monoisotopic (exact) mass is 527 g/mol. The number of hydrogen-bond acceptors (Lipinski definition) is 5. The number of halogens is 1. The summed E-state index contributed by atoms with van der Waals surface area (Å²) in [5.41, 5.74) is 2.27. The Bertz CT molecular complexity index is 1270. The Morgan fingerprint density at radius 1 is 0.917 bits per heavy atom. The van der Waals surface area contributed by atoms with E-state index in [2.05, 4.69) is 4.90 Å². The lowest BCUT2D eigenvalue weighted by Gasteiger charge is -2.32. The van der Waals surface area contributed by atoms with Gasteiger partial charge in [0.25, 0.3) is 15.9 Å². The number of rotatable bonds is 8. The van der Waals surface area contributed by atoms with Crippen LogP contribution in [-0.2, 0) is 21.4 Å². The van der Waals surface area contributed by atoms with Gasteiger partial charge in [-0.3, -0.25) is 9.10 Å². The first-order valence-electron chi connectivity index (χ1n) is 11.8. The Hall–Kier alpha value is -3.07. The van der Waals surface area contributed by atoms with Crippen molar-refractivity contribution in [2.24, 2.45) is 0 Å². The van der Waals surface area contributed by atoms with E-state index in [1.54, 1.807) is 77.7 Å². The summed E-state index contributed by atoms with van der Waals surface area (Å²) in [6.45, 7) is 5.06. The molecular weight excluding hydrogens is 498 g/mol. The van der Waals surface area contributed by atoms with Crippen LogP contribution >= 0.6 is 11.6 Å². The van der Waals surface area contributed by atoms with Gasteiger partial charge >= 0.3 is 0 Å². The van der Waals surface area contributed by atoms with Crippen LogP contribution in [0.1, 0.15) is 11.1 Å². The third-order valence-corrected chi connectivity index (χ3v) is 8.23. The van der Waals surface area contributed by atoms with Crippen LogP contribution in [0.5, 0.6) is 5.75 Å². The van der Waals surface area contributed by atoms with Crippen LogP contribution in [0, 0.1) is 6.92 Å². The van der Waals surface area contributed by atoms with E-state index in [4.69, 9.17) is 16.3 Å². The highest BCUT2D eigenvalue weighted by atomic mass is 35.5. The Kier molecular flexibility index (Phi) is 8.18. The maximum absolute atomic E-state index is 13.6. The largest absolute Gasteiger partial charge is 0.484 e. The van der Waals surface area contributed by atoms with E-state index in [0.717, 1.165) is 24.2 Å². The summed E-state index contributed by atoms with van der Waals surface area (Å²) in [5, 5.41) is 0.583. The van der Waals surface area contributed by atoms with Gasteiger partial charge in [-0.1, -0.05) is 41.4 Å². The molecule has 0 bridgehead atoms. The van der Waals surface area contributed by atoms with E-state index in [1.807, 2.05) is 14.0 Å². The van der Waals surface area contributed by atoms with Crippen molar-refractivity contribution in [2.45, 2.75) is 18.4 Å². The number of anilines is 1. The summed E-state index contributed by atoms with van der Waals surface area (Å²) in [4.78, 5) is 16.7. The van der Waals surface area contributed by atoms with E-state index >= 15 is 0 Å². The molecule has 1 fully saturated rings. The maximum Gasteiger partial charge on any atom is 0.264 e. The third-order valence-electron chi connectivity index (χ3n) is 6.19. The number of nitrogens with zero attached hydrogens (tertiary/aromatic N) is 3. The summed E-state index contributed by atoms with van der Waals surface area (Å²) in [6, 6.07) is 20.6. The normalized spacial score (nSPS) is 14.5. The minimum atomic E-state index is -3.84. The third kappa shape index (κ3) is 6.37. The molecule has 0 unspecified atom stereocenters. The van der Waals surface area contributed by atoms with Gasteiger partial charge < -0.3 is 14.5 Å². The summed E-state index contributed by atoms with van der Waals surface area (Å²) in [6.07, 6.45) is 0. The molecule has 0 N–H and O–H groups in total. The van der Waals surface area contributed by atoms with E-state index in [-0.39, 0.29) is 24.0 Å². The highest BCUT2D eigenvalue weighted by molar-refractivity contribution is 7.92. The zero-order valence-electron chi connectivity index (χ0n) is 20.4. The first-order valence-corrected chi connectivity index (χ1v) is 13.6. The molecule has 0 aromatic heterocycles. The van der Waals surface area contributed by atoms with Crippen molar-refractivity contribution in [3.05, 3.63) is 88.9 Å². The van der Waals surface area contributed by atoms with Gasteiger partial charge in [0.15, 0.2) is 6.61 Å². The van der Waals surface area contributed by atoms with Crippen molar-refractivity contribution >= 4 is 33.2 Å². The van der Waals surface area contributed by atoms with Crippen molar-refractivity contribution in [1.82, 2.24) is 9.80 Å². The second-order valence-corrected chi connectivity index (χ2v) is 11.2. The van der Waals surface area contributed by atoms with Gasteiger partial charge in [-0.2, -0.15) is 0 Å². The molecule has 0 saturated carbocycles. The van der Waals surface area contributed by atoms with E-state index < -0.39 is 10.0 Å². The van der Waals surface area contributed by atoms with Crippen LogP contribution < -0.4 is 9.04 Å². The molecule has 0 radical (unpaired) electrons. The molecule has 0 atom stereocenters. The van der Waals surface area contributed by atoms with Crippen LogP contribution in [0.3, 0.4) is 0 Å². The Morgan fingerprint density at radius 3 is 2.14 bits per heavy atom. The molecule has 3 aromatic rings. The lowest BCUT2D eigenvalue weighted by Crippen LogP contribution is -2.48. The minimum Gasteiger partial charge on any atom is -0.484 e. The highest BCUT2D eigenvalue weighted by Crippen LogP contribution is 2.28. The number of piperazine rings is 1. The number of likely N-dealkylation sites (N-methyl/N-ethyl adjacent to an activating group) is 1. The molecule has 190 valence electrons. The summed E-state index contributed by atoms with van der Waals surface area (Å²) < 4.78 is 34.3. The van der Waals surface area contributed by atoms with Gasteiger partial charge in [0.1, 0.15) is 5.75 Å². The van der Waals surface area contributed by atoms with Crippen molar-refractivity contribution in [2.75, 3.05) is 44.1 Å². The second kappa shape index (κ2) is 11.3. The van der Waals surface area contributed by atoms with Crippen molar-refractivity contribution < 1.29 is 17.9 Å². The molecule has 3 aromatic carbocycles. The summed E-state index contributed by atoms with van der Waals surface area (Å²) >= 11 is 6.02. The number of sulfonamides is 1. The molecule has 1 aliphatic heterocycles. The van der Waals surface area contributed by atoms with Gasteiger partial charge in [0.2, 0.25) is 0 Å². The van der Waals surface area contributed by atoms with E-state index in [9.17, 15) is 13.2 Å². The van der Waals surface area contributed by atoms with Crippen LogP contribution in [0.15, 0.2) is 77.7 Å². The van der Waals surface area contributed by atoms with Crippen molar-refractivity contribution in [3.63, 3.8) is 0 Å². The minimum absolute atomic E-state index is 0.0563. The first-order chi connectivity index (χ1) is 17.2. The molecule has 1 amide bonds. The van der Waals surface area contributed by atoms with Gasteiger partial charge in [-0.05, 0) is 68.1 Å².